The molecule has 1 atom stereocenters. The van der Waals surface area contributed by atoms with Gasteiger partial charge in [-0.1, -0.05) is 23.7 Å². The third-order valence-electron chi connectivity index (χ3n) is 5.43. The number of esters is 1. The number of carbonyl (C=O) groups excluding carboxylic acids is 2. The monoisotopic (exact) mass is 438 g/mol. The molecule has 3 heterocycles. The van der Waals surface area contributed by atoms with Crippen molar-refractivity contribution >= 4 is 40.1 Å². The van der Waals surface area contributed by atoms with Crippen LogP contribution in [0, 0.1) is 0 Å². The molecule has 0 saturated carbocycles. The van der Waals surface area contributed by atoms with Crippen LogP contribution in [0.4, 0.5) is 5.69 Å². The molecule has 0 radical (unpaired) electrons. The normalized spacial score (nSPS) is 19.1. The lowest BCUT2D eigenvalue weighted by molar-refractivity contribution is -0.140. The van der Waals surface area contributed by atoms with Crippen LogP contribution < -0.4 is 21.4 Å². The zero-order chi connectivity index (χ0) is 21.9. The molecule has 1 amide bonds. The van der Waals surface area contributed by atoms with Gasteiger partial charge in [0.15, 0.2) is 5.75 Å². The van der Waals surface area contributed by atoms with Crippen LogP contribution in [-0.4, -0.2) is 18.5 Å². The highest BCUT2D eigenvalue weighted by Crippen LogP contribution is 2.54. The van der Waals surface area contributed by atoms with Crippen LogP contribution in [0.15, 0.2) is 63.1 Å². The first-order valence-electron chi connectivity index (χ1n) is 9.42. The van der Waals surface area contributed by atoms with Gasteiger partial charge in [-0.3, -0.25) is 4.79 Å². The molecule has 9 heteroatoms. The number of anilines is 1. The van der Waals surface area contributed by atoms with Crippen LogP contribution in [0.3, 0.4) is 0 Å². The fraction of sp³-hybridized carbons (Fsp3) is 0.136. The Bertz CT molecular complexity index is 1390. The Kier molecular flexibility index (Phi) is 4.10. The highest BCUT2D eigenvalue weighted by atomic mass is 35.5. The van der Waals surface area contributed by atoms with Gasteiger partial charge in [0, 0.05) is 16.3 Å². The lowest BCUT2D eigenvalue weighted by atomic mass is 9.68. The van der Waals surface area contributed by atoms with Gasteiger partial charge in [0.2, 0.25) is 11.8 Å². The summed E-state index contributed by atoms with van der Waals surface area (Å²) >= 11 is 6.22. The van der Waals surface area contributed by atoms with E-state index >= 15 is 0 Å². The fourth-order valence-electron chi connectivity index (χ4n) is 4.25. The van der Waals surface area contributed by atoms with E-state index in [-0.39, 0.29) is 40.5 Å². The number of ether oxygens (including phenoxy) is 2. The SMILES string of the molecule is CCOC(=O)C1=C(N)Oc2c(c(=O)oc3ccccc23)C12C(=O)Nc1ccc(Cl)cc12. The van der Waals surface area contributed by atoms with E-state index in [0.29, 0.717) is 16.1 Å². The number of benzene rings is 2. The lowest BCUT2D eigenvalue weighted by Gasteiger charge is -2.34. The molecule has 0 aliphatic carbocycles. The van der Waals surface area contributed by atoms with Gasteiger partial charge >= 0.3 is 11.6 Å². The molecule has 1 unspecified atom stereocenters. The number of rotatable bonds is 2. The molecule has 1 spiro atoms. The summed E-state index contributed by atoms with van der Waals surface area (Å²) in [6, 6.07) is 11.3. The van der Waals surface area contributed by atoms with Crippen molar-refractivity contribution in [2.45, 2.75) is 12.3 Å². The first-order valence-corrected chi connectivity index (χ1v) is 9.80. The number of carbonyl (C=O) groups is 2. The van der Waals surface area contributed by atoms with E-state index in [0.717, 1.165) is 0 Å². The van der Waals surface area contributed by atoms with E-state index in [1.54, 1.807) is 43.3 Å². The summed E-state index contributed by atoms with van der Waals surface area (Å²) in [5, 5.41) is 3.44. The maximum Gasteiger partial charge on any atom is 0.345 e. The average molecular weight is 439 g/mol. The van der Waals surface area contributed by atoms with Crippen molar-refractivity contribution in [1.29, 1.82) is 0 Å². The summed E-state index contributed by atoms with van der Waals surface area (Å²) < 4.78 is 16.4. The average Bonchev–Trinajstić information content (AvgIpc) is 3.00. The molecular formula is C22H15ClN2O6. The summed E-state index contributed by atoms with van der Waals surface area (Å²) in [5.41, 5.74) is 3.84. The molecule has 3 aromatic rings. The van der Waals surface area contributed by atoms with Crippen molar-refractivity contribution in [1.82, 2.24) is 0 Å². The molecule has 31 heavy (non-hydrogen) atoms. The number of halogens is 1. The van der Waals surface area contributed by atoms with Gasteiger partial charge in [-0.2, -0.15) is 0 Å². The smallest absolute Gasteiger partial charge is 0.345 e. The molecule has 0 fully saturated rings. The molecular weight excluding hydrogens is 424 g/mol. The Labute approximate surface area is 180 Å². The Hall–Kier alpha value is -3.78. The van der Waals surface area contributed by atoms with Crippen LogP contribution in [0.2, 0.25) is 5.02 Å². The quantitative estimate of drug-likeness (QED) is 0.466. The van der Waals surface area contributed by atoms with E-state index in [1.165, 1.54) is 6.07 Å². The Morgan fingerprint density at radius 1 is 1.23 bits per heavy atom. The van der Waals surface area contributed by atoms with Crippen LogP contribution in [0.1, 0.15) is 18.1 Å². The van der Waals surface area contributed by atoms with Crippen molar-refractivity contribution < 1.29 is 23.5 Å². The molecule has 2 aliphatic rings. The molecule has 0 saturated heterocycles. The topological polar surface area (TPSA) is 121 Å². The largest absolute Gasteiger partial charge is 0.462 e. The zero-order valence-corrected chi connectivity index (χ0v) is 16.9. The Morgan fingerprint density at radius 3 is 2.77 bits per heavy atom. The van der Waals surface area contributed by atoms with E-state index < -0.39 is 22.9 Å². The summed E-state index contributed by atoms with van der Waals surface area (Å²) in [4.78, 5) is 39.8. The van der Waals surface area contributed by atoms with E-state index in [2.05, 4.69) is 5.32 Å². The van der Waals surface area contributed by atoms with Gasteiger partial charge in [-0.25, -0.2) is 9.59 Å². The molecule has 5 rings (SSSR count). The minimum atomic E-state index is -1.95. The highest BCUT2D eigenvalue weighted by molar-refractivity contribution is 6.31. The highest BCUT2D eigenvalue weighted by Gasteiger charge is 2.61. The number of amides is 1. The number of nitrogens with two attached hydrogens (primary N) is 1. The third-order valence-corrected chi connectivity index (χ3v) is 5.66. The van der Waals surface area contributed by atoms with E-state index in [4.69, 9.17) is 31.2 Å². The lowest BCUT2D eigenvalue weighted by Crippen LogP contribution is -2.48. The van der Waals surface area contributed by atoms with Gasteiger partial charge in [0.25, 0.3) is 0 Å². The van der Waals surface area contributed by atoms with Crippen LogP contribution in [-0.2, 0) is 19.7 Å². The van der Waals surface area contributed by atoms with Gasteiger partial charge in [0.05, 0.1) is 12.0 Å². The maximum absolute atomic E-state index is 13.5. The van der Waals surface area contributed by atoms with Crippen molar-refractivity contribution in [2.24, 2.45) is 5.73 Å². The van der Waals surface area contributed by atoms with Crippen LogP contribution in [0.5, 0.6) is 5.75 Å². The zero-order valence-electron chi connectivity index (χ0n) is 16.2. The molecule has 8 nitrogen and oxygen atoms in total. The van der Waals surface area contributed by atoms with Crippen LogP contribution >= 0.6 is 11.6 Å². The summed E-state index contributed by atoms with van der Waals surface area (Å²) in [6.45, 7) is 1.63. The Morgan fingerprint density at radius 2 is 2.00 bits per heavy atom. The van der Waals surface area contributed by atoms with Gasteiger partial charge in [-0.05, 0) is 37.3 Å². The molecule has 2 aliphatic heterocycles. The Balaban J connectivity index is 1.98. The van der Waals surface area contributed by atoms with E-state index in [1.807, 2.05) is 0 Å². The predicted octanol–water partition coefficient (Wildman–Crippen LogP) is 2.81. The number of nitrogens with one attached hydrogen (secondary N) is 1. The minimum Gasteiger partial charge on any atom is -0.462 e. The third kappa shape index (κ3) is 2.45. The summed E-state index contributed by atoms with van der Waals surface area (Å²) in [7, 11) is 0. The van der Waals surface area contributed by atoms with Crippen molar-refractivity contribution in [3.8, 4) is 5.75 Å². The van der Waals surface area contributed by atoms with E-state index in [9.17, 15) is 14.4 Å². The first-order chi connectivity index (χ1) is 14.9. The standard InChI is InChI=1S/C22H15ClN2O6/c1-2-29-19(26)16-18(24)31-17-11-5-3-4-6-14(11)30-20(27)15(17)22(16)12-9-10(23)7-8-13(12)25-21(22)28/h3-9H,2,24H2,1H3,(H,25,28). The summed E-state index contributed by atoms with van der Waals surface area (Å²) in [6.07, 6.45) is 0. The van der Waals surface area contributed by atoms with Gasteiger partial charge in [-0.15, -0.1) is 0 Å². The van der Waals surface area contributed by atoms with Crippen LogP contribution in [0.25, 0.3) is 11.0 Å². The number of para-hydroxylation sites is 1. The second-order valence-corrected chi connectivity index (χ2v) is 7.48. The minimum absolute atomic E-state index is 0.0227. The van der Waals surface area contributed by atoms with Crippen molar-refractivity contribution in [3.63, 3.8) is 0 Å². The second-order valence-electron chi connectivity index (χ2n) is 7.05. The molecule has 2 aromatic carbocycles. The first kappa shape index (κ1) is 19.2. The number of fused-ring (bicyclic) bond motifs is 6. The number of hydrogen-bond acceptors (Lipinski definition) is 7. The second kappa shape index (κ2) is 6.61. The molecule has 0 bridgehead atoms. The summed E-state index contributed by atoms with van der Waals surface area (Å²) in [5.74, 6) is -1.85. The van der Waals surface area contributed by atoms with Gasteiger partial charge in [0.1, 0.15) is 22.1 Å². The molecule has 156 valence electrons. The van der Waals surface area contributed by atoms with Gasteiger partial charge < -0.3 is 24.9 Å². The maximum atomic E-state index is 13.5. The molecule has 3 N–H and O–H groups in total. The number of hydrogen-bond donors (Lipinski definition) is 2. The molecule has 1 aromatic heterocycles. The predicted molar refractivity (Wildman–Crippen MR) is 112 cm³/mol. The van der Waals surface area contributed by atoms with Crippen molar-refractivity contribution in [2.75, 3.05) is 11.9 Å². The fourth-order valence-corrected chi connectivity index (χ4v) is 4.42. The van der Waals surface area contributed by atoms with Crippen molar-refractivity contribution in [3.05, 3.63) is 80.5 Å².